The van der Waals surface area contributed by atoms with Crippen molar-refractivity contribution in [1.82, 2.24) is 19.9 Å². The van der Waals surface area contributed by atoms with Crippen LogP contribution in [0.5, 0.6) is 0 Å². The highest BCUT2D eigenvalue weighted by atomic mass is 14.8. The van der Waals surface area contributed by atoms with E-state index in [1.165, 1.54) is 0 Å². The molecular formula is C54H34N6. The van der Waals surface area contributed by atoms with Gasteiger partial charge in [-0.2, -0.15) is 0 Å². The maximum Gasteiger partial charge on any atom is 0.0803 e. The van der Waals surface area contributed by atoms with Gasteiger partial charge in [-0.15, -0.1) is 0 Å². The molecule has 4 aromatic heterocycles. The summed E-state index contributed by atoms with van der Waals surface area (Å²) >= 11 is 0. The summed E-state index contributed by atoms with van der Waals surface area (Å²) in [6.07, 6.45) is 7.24. The summed E-state index contributed by atoms with van der Waals surface area (Å²) in [5.74, 6) is 0. The lowest BCUT2D eigenvalue weighted by Crippen LogP contribution is -2.10. The number of fused-ring (bicyclic) bond motifs is 4. The molecule has 280 valence electrons. The molecule has 0 unspecified atom stereocenters. The van der Waals surface area contributed by atoms with Crippen molar-refractivity contribution in [3.63, 3.8) is 0 Å². The molecule has 60 heavy (non-hydrogen) atoms. The van der Waals surface area contributed by atoms with E-state index >= 15 is 0 Å². The number of benzene rings is 6. The van der Waals surface area contributed by atoms with E-state index in [1.807, 2.05) is 73.1 Å². The van der Waals surface area contributed by atoms with E-state index in [-0.39, 0.29) is 0 Å². The van der Waals surface area contributed by atoms with E-state index in [2.05, 4.69) is 131 Å². The molecule has 0 radical (unpaired) electrons. The Morgan fingerprint density at radius 3 is 1.03 bits per heavy atom. The molecule has 0 fully saturated rings. The lowest BCUT2D eigenvalue weighted by molar-refractivity contribution is 1.28. The van der Waals surface area contributed by atoms with Crippen LogP contribution in [-0.4, -0.2) is 31.4 Å². The quantitative estimate of drug-likeness (QED) is 0.169. The minimum absolute atomic E-state index is 0.853. The number of nitrogens with zero attached hydrogens (tertiary/aromatic N) is 6. The zero-order valence-corrected chi connectivity index (χ0v) is 32.3. The molecule has 0 bridgehead atoms. The Labute approximate surface area is 347 Å². The molecule has 1 aliphatic heterocycles. The van der Waals surface area contributed by atoms with Gasteiger partial charge in [-0.3, -0.25) is 9.97 Å². The predicted molar refractivity (Wildman–Crippen MR) is 244 cm³/mol. The molecule has 0 saturated heterocycles. The fraction of sp³-hybridized carbons (Fsp3) is 0. The maximum atomic E-state index is 5.60. The Hall–Kier alpha value is -8.22. The summed E-state index contributed by atoms with van der Waals surface area (Å²) in [6, 6.07) is 63.0. The first-order valence-corrected chi connectivity index (χ1v) is 19.9. The highest BCUT2D eigenvalue weighted by Gasteiger charge is 2.22. The van der Waals surface area contributed by atoms with Crippen molar-refractivity contribution < 1.29 is 0 Å². The highest BCUT2D eigenvalue weighted by Crippen LogP contribution is 2.38. The molecule has 10 aromatic rings. The SMILES string of the molecule is c1cncc(-c2cccc(-c3ccc(/C4=N/c5cc6ccccc6cc5/C(c5ccc(-c6cccc(-c7cccnc7)n6)cc5)=N\c5cc6ccccc6cc54)cc3)n2)c1. The summed E-state index contributed by atoms with van der Waals surface area (Å²) < 4.78 is 0. The molecule has 0 N–H and O–H groups in total. The van der Waals surface area contributed by atoms with Gasteiger partial charge in [0.25, 0.3) is 0 Å². The van der Waals surface area contributed by atoms with Gasteiger partial charge in [0.15, 0.2) is 0 Å². The first kappa shape index (κ1) is 35.0. The normalized spacial score (nSPS) is 13.9. The molecule has 0 amide bonds. The van der Waals surface area contributed by atoms with Crippen LogP contribution in [0.3, 0.4) is 0 Å². The minimum atomic E-state index is 0.853. The monoisotopic (exact) mass is 766 g/mol. The molecule has 6 heteroatoms. The summed E-state index contributed by atoms with van der Waals surface area (Å²) in [7, 11) is 0. The third kappa shape index (κ3) is 6.62. The third-order valence-corrected chi connectivity index (χ3v) is 11.0. The van der Waals surface area contributed by atoms with Crippen LogP contribution in [-0.2, 0) is 0 Å². The summed E-state index contributed by atoms with van der Waals surface area (Å²) in [4.78, 5) is 29.8. The maximum absolute atomic E-state index is 5.60. The second-order valence-corrected chi connectivity index (χ2v) is 14.8. The fourth-order valence-electron chi connectivity index (χ4n) is 7.96. The van der Waals surface area contributed by atoms with Crippen LogP contribution >= 0.6 is 0 Å². The first-order chi connectivity index (χ1) is 29.7. The van der Waals surface area contributed by atoms with Crippen molar-refractivity contribution in [2.45, 2.75) is 0 Å². The molecule has 0 atom stereocenters. The van der Waals surface area contributed by atoms with Gasteiger partial charge < -0.3 is 0 Å². The van der Waals surface area contributed by atoms with Crippen molar-refractivity contribution >= 4 is 44.3 Å². The number of aliphatic imine (C=N–C) groups is 2. The third-order valence-electron chi connectivity index (χ3n) is 11.0. The largest absolute Gasteiger partial charge is 0.264 e. The number of hydrogen-bond donors (Lipinski definition) is 0. The van der Waals surface area contributed by atoms with Gasteiger partial charge in [-0.05, 0) is 94.3 Å². The van der Waals surface area contributed by atoms with E-state index in [1.54, 1.807) is 12.4 Å². The molecule has 0 saturated carbocycles. The highest BCUT2D eigenvalue weighted by molar-refractivity contribution is 6.24. The molecule has 1 aliphatic rings. The lowest BCUT2D eigenvalue weighted by atomic mass is 9.92. The van der Waals surface area contributed by atoms with Crippen LogP contribution in [0.15, 0.2) is 217 Å². The Balaban J connectivity index is 1.05. The van der Waals surface area contributed by atoms with Gasteiger partial charge in [0.2, 0.25) is 0 Å². The minimum Gasteiger partial charge on any atom is -0.264 e. The second-order valence-electron chi connectivity index (χ2n) is 14.8. The topological polar surface area (TPSA) is 76.3 Å². The van der Waals surface area contributed by atoms with Crippen LogP contribution in [0.4, 0.5) is 11.4 Å². The molecular weight excluding hydrogens is 733 g/mol. The van der Waals surface area contributed by atoms with Crippen LogP contribution in [0.2, 0.25) is 0 Å². The first-order valence-electron chi connectivity index (χ1n) is 19.9. The molecule has 0 aliphatic carbocycles. The van der Waals surface area contributed by atoms with E-state index < -0.39 is 0 Å². The second kappa shape index (κ2) is 14.9. The van der Waals surface area contributed by atoms with Crippen LogP contribution < -0.4 is 0 Å². The van der Waals surface area contributed by atoms with Crippen molar-refractivity contribution in [1.29, 1.82) is 0 Å². The zero-order valence-electron chi connectivity index (χ0n) is 32.3. The number of aromatic nitrogens is 4. The molecule has 6 nitrogen and oxygen atoms in total. The Morgan fingerprint density at radius 1 is 0.283 bits per heavy atom. The van der Waals surface area contributed by atoms with E-state index in [0.29, 0.717) is 0 Å². The fourth-order valence-corrected chi connectivity index (χ4v) is 7.96. The lowest BCUT2D eigenvalue weighted by Gasteiger charge is -2.20. The Kier molecular flexibility index (Phi) is 8.71. The van der Waals surface area contributed by atoms with Gasteiger partial charge in [0.05, 0.1) is 45.6 Å². The Bertz CT molecular complexity index is 3060. The van der Waals surface area contributed by atoms with Crippen molar-refractivity contribution in [2.24, 2.45) is 9.98 Å². The van der Waals surface area contributed by atoms with Gasteiger partial charge in [-0.25, -0.2) is 20.0 Å². The molecule has 6 aromatic carbocycles. The van der Waals surface area contributed by atoms with Crippen molar-refractivity contribution in [3.05, 3.63) is 229 Å². The summed E-state index contributed by atoms with van der Waals surface area (Å²) in [5.41, 5.74) is 14.9. The number of hydrogen-bond acceptors (Lipinski definition) is 6. The number of pyridine rings is 4. The van der Waals surface area contributed by atoms with Gasteiger partial charge >= 0.3 is 0 Å². The molecule has 0 spiro atoms. The summed E-state index contributed by atoms with van der Waals surface area (Å²) in [5, 5.41) is 4.47. The van der Waals surface area contributed by atoms with Gasteiger partial charge in [0, 0.05) is 69.3 Å². The molecule has 5 heterocycles. The van der Waals surface area contributed by atoms with E-state index in [9.17, 15) is 0 Å². The van der Waals surface area contributed by atoms with Crippen molar-refractivity contribution in [2.75, 3.05) is 0 Å². The zero-order chi connectivity index (χ0) is 39.8. The van der Waals surface area contributed by atoms with Crippen LogP contribution in [0, 0.1) is 0 Å². The molecule has 11 rings (SSSR count). The average molecular weight is 767 g/mol. The Morgan fingerprint density at radius 2 is 0.650 bits per heavy atom. The van der Waals surface area contributed by atoms with Gasteiger partial charge in [-0.1, -0.05) is 109 Å². The average Bonchev–Trinajstić information content (AvgIpc) is 3.32. The number of rotatable bonds is 6. The smallest absolute Gasteiger partial charge is 0.0803 e. The predicted octanol–water partition coefficient (Wildman–Crippen LogP) is 12.9. The van der Waals surface area contributed by atoms with Gasteiger partial charge in [0.1, 0.15) is 0 Å². The standard InChI is InChI=1S/C54H34N6/c1-3-11-41-31-51-45(29-39(41)9-1)53(37-23-19-35(20-24-37)47-15-5-17-49(57-47)43-13-7-27-55-33-43)60-52-32-42-12-4-2-10-40(42)30-46(52)54(59-51)38-25-21-36(22-26-38)48-16-6-18-50(58-48)44-14-8-28-56-34-44/h1-34H/b53-45?,54-46?,59-51?,59-54-,60-52?,60-53-. The van der Waals surface area contributed by atoms with Crippen molar-refractivity contribution in [3.8, 4) is 45.0 Å². The van der Waals surface area contributed by atoms with E-state index in [4.69, 9.17) is 20.0 Å². The van der Waals surface area contributed by atoms with E-state index in [0.717, 1.165) is 112 Å². The van der Waals surface area contributed by atoms with Crippen LogP contribution in [0.1, 0.15) is 22.3 Å². The summed E-state index contributed by atoms with van der Waals surface area (Å²) in [6.45, 7) is 0. The van der Waals surface area contributed by atoms with Crippen LogP contribution in [0.25, 0.3) is 66.6 Å².